The minimum atomic E-state index is -0.727. The first-order chi connectivity index (χ1) is 11.4. The molecule has 0 aromatic heterocycles. The first-order valence-corrected chi connectivity index (χ1v) is 8.31. The predicted octanol–water partition coefficient (Wildman–Crippen LogP) is 2.74. The van der Waals surface area contributed by atoms with E-state index in [1.54, 1.807) is 6.07 Å². The molecule has 0 bridgehead atoms. The van der Waals surface area contributed by atoms with Gasteiger partial charge in [-0.2, -0.15) is 0 Å². The minimum absolute atomic E-state index is 0.0595. The fourth-order valence-corrected chi connectivity index (χ4v) is 3.08. The third-order valence-corrected chi connectivity index (χ3v) is 4.64. The minimum Gasteiger partial charge on any atom is -0.322 e. The zero-order valence-electron chi connectivity index (χ0n) is 14.3. The molecule has 1 heterocycles. The number of carbonyl (C=O) groups is 3. The first-order valence-electron chi connectivity index (χ1n) is 8.31. The quantitative estimate of drug-likeness (QED) is 0.780. The zero-order valence-corrected chi connectivity index (χ0v) is 14.3. The number of carbonyl (C=O) groups excluding carboxylic acids is 3. The van der Waals surface area contributed by atoms with Gasteiger partial charge in [0.15, 0.2) is 0 Å². The first kappa shape index (κ1) is 18.1. The second-order valence-corrected chi connectivity index (χ2v) is 6.20. The molecule has 6 heteroatoms. The monoisotopic (exact) mass is 334 g/mol. The van der Waals surface area contributed by atoms with Crippen LogP contribution in [0.1, 0.15) is 67.4 Å². The van der Waals surface area contributed by atoms with Crippen LogP contribution in [0.3, 0.4) is 0 Å². The molecule has 2 unspecified atom stereocenters. The smallest absolute Gasteiger partial charge is 0.255 e. The second kappa shape index (κ2) is 7.55. The number of fused-ring (bicyclic) bond motifs is 1. The van der Waals surface area contributed by atoms with Gasteiger partial charge in [0.2, 0.25) is 12.3 Å². The van der Waals surface area contributed by atoms with Crippen LogP contribution in [0, 0.1) is 5.82 Å². The van der Waals surface area contributed by atoms with Crippen LogP contribution in [-0.4, -0.2) is 29.2 Å². The van der Waals surface area contributed by atoms with Gasteiger partial charge in [0.05, 0.1) is 0 Å². The van der Waals surface area contributed by atoms with Crippen molar-refractivity contribution in [2.24, 2.45) is 0 Å². The summed E-state index contributed by atoms with van der Waals surface area (Å²) in [6.07, 6.45) is 2.25. The summed E-state index contributed by atoms with van der Waals surface area (Å²) >= 11 is 0. The molecule has 1 aliphatic heterocycles. The highest BCUT2D eigenvalue weighted by molar-refractivity contribution is 6.02. The maximum absolute atomic E-state index is 14.3. The summed E-state index contributed by atoms with van der Waals surface area (Å²) in [5.41, 5.74) is 1.63. The molecule has 1 N–H and O–H groups in total. The molecule has 1 aromatic rings. The SMILES string of the molecule is CCCC(C(=O)NC=O)N1Cc2cc(C(C)CC)c(F)cc2C1=O. The fraction of sp³-hybridized carbons (Fsp3) is 0.500. The Morgan fingerprint density at radius 2 is 2.12 bits per heavy atom. The van der Waals surface area contributed by atoms with Gasteiger partial charge in [0.1, 0.15) is 11.9 Å². The molecule has 2 rings (SSSR count). The molecule has 0 aliphatic carbocycles. The number of amides is 3. The number of benzene rings is 1. The van der Waals surface area contributed by atoms with E-state index in [0.717, 1.165) is 12.0 Å². The molecule has 0 spiro atoms. The van der Waals surface area contributed by atoms with Crippen LogP contribution in [-0.2, 0) is 16.1 Å². The van der Waals surface area contributed by atoms with Crippen LogP contribution >= 0.6 is 0 Å². The summed E-state index contributed by atoms with van der Waals surface area (Å²) in [6.45, 7) is 6.08. The second-order valence-electron chi connectivity index (χ2n) is 6.20. The average Bonchev–Trinajstić information content (AvgIpc) is 2.87. The highest BCUT2D eigenvalue weighted by atomic mass is 19.1. The van der Waals surface area contributed by atoms with E-state index < -0.39 is 11.9 Å². The van der Waals surface area contributed by atoms with E-state index in [2.05, 4.69) is 5.32 Å². The number of imide groups is 1. The van der Waals surface area contributed by atoms with E-state index in [0.29, 0.717) is 30.4 Å². The molecule has 3 amide bonds. The summed E-state index contributed by atoms with van der Waals surface area (Å²) in [5.74, 6) is -1.19. The summed E-state index contributed by atoms with van der Waals surface area (Å²) in [5, 5.41) is 2.12. The highest BCUT2D eigenvalue weighted by Crippen LogP contribution is 2.32. The lowest BCUT2D eigenvalue weighted by molar-refractivity contribution is -0.129. The van der Waals surface area contributed by atoms with Gasteiger partial charge in [-0.3, -0.25) is 19.7 Å². The van der Waals surface area contributed by atoms with Crippen LogP contribution in [0.25, 0.3) is 0 Å². The van der Waals surface area contributed by atoms with E-state index in [1.807, 2.05) is 20.8 Å². The number of hydrogen-bond acceptors (Lipinski definition) is 3. The Morgan fingerprint density at radius 1 is 1.42 bits per heavy atom. The van der Waals surface area contributed by atoms with Crippen LogP contribution in [0.5, 0.6) is 0 Å². The third-order valence-electron chi connectivity index (χ3n) is 4.64. The van der Waals surface area contributed by atoms with Gasteiger partial charge in [-0.05, 0) is 36.0 Å². The summed E-state index contributed by atoms with van der Waals surface area (Å²) in [7, 11) is 0. The molecule has 0 saturated carbocycles. The molecule has 0 saturated heterocycles. The van der Waals surface area contributed by atoms with Crippen molar-refractivity contribution in [2.75, 3.05) is 0 Å². The van der Waals surface area contributed by atoms with Gasteiger partial charge >= 0.3 is 0 Å². The summed E-state index contributed by atoms with van der Waals surface area (Å²) in [4.78, 5) is 36.7. The van der Waals surface area contributed by atoms with Crippen LogP contribution < -0.4 is 5.32 Å². The number of rotatable bonds is 7. The molecule has 1 aromatic carbocycles. The standard InChI is InChI=1S/C18H23FN2O3/c1-4-6-16(17(23)20-10-22)21-9-12-7-13(11(3)5-2)15(19)8-14(12)18(21)24/h7-8,10-11,16H,4-6,9H2,1-3H3,(H,20,22,23). The van der Waals surface area contributed by atoms with E-state index in [4.69, 9.17) is 0 Å². The van der Waals surface area contributed by atoms with E-state index in [-0.39, 0.29) is 24.2 Å². The van der Waals surface area contributed by atoms with Crippen molar-refractivity contribution >= 4 is 18.2 Å². The molecule has 1 aliphatic rings. The summed E-state index contributed by atoms with van der Waals surface area (Å²) in [6, 6.07) is 2.28. The number of halogens is 1. The number of hydrogen-bond donors (Lipinski definition) is 1. The van der Waals surface area contributed by atoms with Gasteiger partial charge in [-0.1, -0.05) is 33.3 Å². The maximum Gasteiger partial charge on any atom is 0.255 e. The van der Waals surface area contributed by atoms with Crippen LogP contribution in [0.15, 0.2) is 12.1 Å². The van der Waals surface area contributed by atoms with Crippen molar-refractivity contribution in [3.8, 4) is 0 Å². The lowest BCUT2D eigenvalue weighted by atomic mass is 9.94. The Labute approximate surface area is 141 Å². The largest absolute Gasteiger partial charge is 0.322 e. The third kappa shape index (κ3) is 3.32. The van der Waals surface area contributed by atoms with E-state index in [1.165, 1.54) is 11.0 Å². The molecule has 0 fully saturated rings. The molecule has 0 radical (unpaired) electrons. The topological polar surface area (TPSA) is 66.5 Å². The number of nitrogens with one attached hydrogen (secondary N) is 1. The average molecular weight is 334 g/mol. The van der Waals surface area contributed by atoms with Gasteiger partial charge in [0, 0.05) is 12.1 Å². The Balaban J connectivity index is 2.35. The predicted molar refractivity (Wildman–Crippen MR) is 87.9 cm³/mol. The number of nitrogens with zero attached hydrogens (tertiary/aromatic N) is 1. The van der Waals surface area contributed by atoms with Crippen molar-refractivity contribution in [1.82, 2.24) is 10.2 Å². The zero-order chi connectivity index (χ0) is 17.9. The van der Waals surface area contributed by atoms with Crippen LogP contribution in [0.4, 0.5) is 4.39 Å². The lowest BCUT2D eigenvalue weighted by Gasteiger charge is -2.25. The molecular formula is C18H23FN2O3. The van der Waals surface area contributed by atoms with Crippen molar-refractivity contribution in [1.29, 1.82) is 0 Å². The van der Waals surface area contributed by atoms with E-state index >= 15 is 0 Å². The van der Waals surface area contributed by atoms with Gasteiger partial charge in [-0.15, -0.1) is 0 Å². The Kier molecular flexibility index (Phi) is 5.70. The lowest BCUT2D eigenvalue weighted by Crippen LogP contribution is -2.46. The van der Waals surface area contributed by atoms with Crippen molar-refractivity contribution in [3.63, 3.8) is 0 Å². The molecule has 130 valence electrons. The van der Waals surface area contributed by atoms with Crippen molar-refractivity contribution < 1.29 is 18.8 Å². The van der Waals surface area contributed by atoms with Crippen molar-refractivity contribution in [3.05, 3.63) is 34.6 Å². The van der Waals surface area contributed by atoms with Gasteiger partial charge < -0.3 is 4.90 Å². The Hall–Kier alpha value is -2.24. The highest BCUT2D eigenvalue weighted by Gasteiger charge is 2.36. The van der Waals surface area contributed by atoms with Gasteiger partial charge in [0.25, 0.3) is 5.91 Å². The van der Waals surface area contributed by atoms with Crippen LogP contribution in [0.2, 0.25) is 0 Å². The normalized spacial score (nSPS) is 15.8. The maximum atomic E-state index is 14.3. The molecule has 2 atom stereocenters. The Morgan fingerprint density at radius 3 is 2.71 bits per heavy atom. The fourth-order valence-electron chi connectivity index (χ4n) is 3.08. The molecule has 24 heavy (non-hydrogen) atoms. The summed E-state index contributed by atoms with van der Waals surface area (Å²) < 4.78 is 14.3. The van der Waals surface area contributed by atoms with Crippen molar-refractivity contribution in [2.45, 2.75) is 58.5 Å². The van der Waals surface area contributed by atoms with E-state index in [9.17, 15) is 18.8 Å². The Bertz CT molecular complexity index is 660. The van der Waals surface area contributed by atoms with Gasteiger partial charge in [-0.25, -0.2) is 4.39 Å². The molecule has 5 nitrogen and oxygen atoms in total. The molecular weight excluding hydrogens is 311 g/mol.